The van der Waals surface area contributed by atoms with Gasteiger partial charge < -0.3 is 9.47 Å². The van der Waals surface area contributed by atoms with E-state index in [9.17, 15) is 4.79 Å². The molecule has 5 aromatic rings. The molecule has 0 atom stereocenters. The van der Waals surface area contributed by atoms with Crippen LogP contribution in [0, 0.1) is 0 Å². The first-order valence-electron chi connectivity index (χ1n) is 9.70. The van der Waals surface area contributed by atoms with Gasteiger partial charge >= 0.3 is 0 Å². The van der Waals surface area contributed by atoms with Crippen molar-refractivity contribution in [1.82, 2.24) is 9.38 Å². The first-order chi connectivity index (χ1) is 15.2. The van der Waals surface area contributed by atoms with E-state index >= 15 is 0 Å². The molecule has 0 saturated heterocycles. The minimum atomic E-state index is -0.0425. The molecule has 5 rings (SSSR count). The molecule has 154 valence electrons. The van der Waals surface area contributed by atoms with E-state index in [0.717, 1.165) is 32.6 Å². The lowest BCUT2D eigenvalue weighted by atomic mass is 10.2. The third kappa shape index (κ3) is 4.19. The highest BCUT2D eigenvalue weighted by molar-refractivity contribution is 9.10. The Balaban J connectivity index is 1.26. The molecule has 2 heterocycles. The molecule has 0 bridgehead atoms. The van der Waals surface area contributed by atoms with Crippen LogP contribution in [0.25, 0.3) is 22.1 Å². The van der Waals surface area contributed by atoms with Crippen molar-refractivity contribution in [3.8, 4) is 11.5 Å². The van der Waals surface area contributed by atoms with Crippen LogP contribution < -0.4 is 19.6 Å². The minimum absolute atomic E-state index is 0.0425. The quantitative estimate of drug-likeness (QED) is 0.323. The third-order valence-corrected chi connectivity index (χ3v) is 6.25. The van der Waals surface area contributed by atoms with E-state index in [1.54, 1.807) is 4.40 Å². The van der Waals surface area contributed by atoms with Crippen molar-refractivity contribution in [2.45, 2.75) is 0 Å². The van der Waals surface area contributed by atoms with Crippen molar-refractivity contribution in [3.63, 3.8) is 0 Å². The molecule has 2 aromatic heterocycles. The fourth-order valence-corrected chi connectivity index (χ4v) is 4.52. The molecule has 0 amide bonds. The van der Waals surface area contributed by atoms with E-state index in [2.05, 4.69) is 20.9 Å². The van der Waals surface area contributed by atoms with Crippen LogP contribution in [0.1, 0.15) is 5.56 Å². The Morgan fingerprint density at radius 3 is 2.26 bits per heavy atom. The van der Waals surface area contributed by atoms with E-state index < -0.39 is 0 Å². The number of benzene rings is 3. The number of nitrogens with zero attached hydrogens (tertiary/aromatic N) is 2. The molecule has 0 fully saturated rings. The number of thiazole rings is 1. The molecule has 0 aliphatic rings. The van der Waals surface area contributed by atoms with Crippen LogP contribution in [-0.4, -0.2) is 22.6 Å². The van der Waals surface area contributed by atoms with Gasteiger partial charge in [0.2, 0.25) is 0 Å². The maximum Gasteiger partial charge on any atom is 0.274 e. The van der Waals surface area contributed by atoms with Crippen molar-refractivity contribution in [1.29, 1.82) is 0 Å². The summed E-state index contributed by atoms with van der Waals surface area (Å²) in [6.45, 7) is 0.900. The van der Waals surface area contributed by atoms with Gasteiger partial charge in [0.1, 0.15) is 24.7 Å². The van der Waals surface area contributed by atoms with Crippen molar-refractivity contribution in [2.24, 2.45) is 0 Å². The first kappa shape index (κ1) is 19.8. The third-order valence-electron chi connectivity index (χ3n) is 4.76. The Labute approximate surface area is 190 Å². The zero-order chi connectivity index (χ0) is 21.2. The molecule has 0 aliphatic carbocycles. The largest absolute Gasteiger partial charge is 0.490 e. The zero-order valence-corrected chi connectivity index (χ0v) is 18.7. The summed E-state index contributed by atoms with van der Waals surface area (Å²) in [7, 11) is 0. The second kappa shape index (κ2) is 8.53. The Kier molecular flexibility index (Phi) is 5.44. The van der Waals surface area contributed by atoms with Gasteiger partial charge in [-0.25, -0.2) is 9.38 Å². The van der Waals surface area contributed by atoms with Gasteiger partial charge in [0.15, 0.2) is 4.96 Å². The highest BCUT2D eigenvalue weighted by Gasteiger charge is 2.10. The van der Waals surface area contributed by atoms with Crippen LogP contribution in [0.2, 0.25) is 0 Å². The molecule has 0 aliphatic heterocycles. The molecule has 5 nitrogen and oxygen atoms in total. The topological polar surface area (TPSA) is 52.8 Å². The lowest BCUT2D eigenvalue weighted by Crippen LogP contribution is -2.22. The predicted octanol–water partition coefficient (Wildman–Crippen LogP) is 4.68. The number of hydrogen-bond acceptors (Lipinski definition) is 5. The lowest BCUT2D eigenvalue weighted by molar-refractivity contribution is 0.217. The van der Waals surface area contributed by atoms with Crippen LogP contribution in [0.5, 0.6) is 11.5 Å². The summed E-state index contributed by atoms with van der Waals surface area (Å²) >= 11 is 4.80. The monoisotopic (exact) mass is 492 g/mol. The second-order valence-electron chi connectivity index (χ2n) is 6.85. The average Bonchev–Trinajstić information content (AvgIpc) is 3.30. The van der Waals surface area contributed by atoms with Gasteiger partial charge in [0, 0.05) is 4.47 Å². The SMILES string of the molecule is O=c1c(=Cc2ccc(OCCOc3ccc(Br)cc3)cc2)sc2nc3ccccc3n12. The minimum Gasteiger partial charge on any atom is -0.490 e. The van der Waals surface area contributed by atoms with Crippen LogP contribution in [0.3, 0.4) is 0 Å². The molecular weight excluding hydrogens is 476 g/mol. The second-order valence-corrected chi connectivity index (χ2v) is 8.78. The molecule has 31 heavy (non-hydrogen) atoms. The van der Waals surface area contributed by atoms with Crippen molar-refractivity contribution in [2.75, 3.05) is 13.2 Å². The highest BCUT2D eigenvalue weighted by Crippen LogP contribution is 2.18. The summed E-state index contributed by atoms with van der Waals surface area (Å²) < 4.78 is 14.7. The van der Waals surface area contributed by atoms with Gasteiger partial charge in [-0.15, -0.1) is 0 Å². The molecule has 0 unspecified atom stereocenters. The number of fused-ring (bicyclic) bond motifs is 3. The van der Waals surface area contributed by atoms with Gasteiger partial charge in [-0.2, -0.15) is 0 Å². The maximum atomic E-state index is 12.8. The summed E-state index contributed by atoms with van der Waals surface area (Å²) in [5.41, 5.74) is 2.57. The molecule has 0 N–H and O–H groups in total. The van der Waals surface area contributed by atoms with E-state index in [1.807, 2.05) is 78.9 Å². The van der Waals surface area contributed by atoms with E-state index in [4.69, 9.17) is 9.47 Å². The fraction of sp³-hybridized carbons (Fsp3) is 0.0833. The fourth-order valence-electron chi connectivity index (χ4n) is 3.27. The summed E-state index contributed by atoms with van der Waals surface area (Å²) in [5, 5.41) is 0. The average molecular weight is 493 g/mol. The number of aromatic nitrogens is 2. The number of para-hydroxylation sites is 2. The number of ether oxygens (including phenoxy) is 2. The molecule has 0 radical (unpaired) electrons. The van der Waals surface area contributed by atoms with Gasteiger partial charge in [0.05, 0.1) is 15.6 Å². The summed E-state index contributed by atoms with van der Waals surface area (Å²) in [4.78, 5) is 18.1. The Bertz CT molecular complexity index is 1460. The van der Waals surface area contributed by atoms with Crippen molar-refractivity contribution in [3.05, 3.63) is 97.7 Å². The van der Waals surface area contributed by atoms with Crippen molar-refractivity contribution < 1.29 is 9.47 Å². The van der Waals surface area contributed by atoms with E-state index in [-0.39, 0.29) is 5.56 Å². The molecule has 0 saturated carbocycles. The Morgan fingerprint density at radius 1 is 0.903 bits per heavy atom. The van der Waals surface area contributed by atoms with E-state index in [0.29, 0.717) is 22.7 Å². The predicted molar refractivity (Wildman–Crippen MR) is 127 cm³/mol. The number of hydrogen-bond donors (Lipinski definition) is 0. The maximum absolute atomic E-state index is 12.8. The highest BCUT2D eigenvalue weighted by atomic mass is 79.9. The summed E-state index contributed by atoms with van der Waals surface area (Å²) in [5.74, 6) is 1.56. The molecule has 0 spiro atoms. The standard InChI is InChI=1S/C24H17BrN2O3S/c25-17-7-11-19(12-8-17)30-14-13-29-18-9-5-16(6-10-18)15-22-23(28)27-21-4-2-1-3-20(21)26-24(27)31-22/h1-12,15H,13-14H2. The van der Waals surface area contributed by atoms with Crippen LogP contribution in [-0.2, 0) is 0 Å². The lowest BCUT2D eigenvalue weighted by Gasteiger charge is -2.08. The number of imidazole rings is 1. The molecule has 7 heteroatoms. The normalized spacial score (nSPS) is 12.0. The number of rotatable bonds is 6. The van der Waals surface area contributed by atoms with Gasteiger partial charge in [0.25, 0.3) is 5.56 Å². The van der Waals surface area contributed by atoms with Gasteiger partial charge in [-0.05, 0) is 60.2 Å². The number of halogens is 1. The van der Waals surface area contributed by atoms with Crippen LogP contribution in [0.15, 0.2) is 82.1 Å². The van der Waals surface area contributed by atoms with Crippen LogP contribution in [0.4, 0.5) is 0 Å². The van der Waals surface area contributed by atoms with Gasteiger partial charge in [-0.3, -0.25) is 4.79 Å². The first-order valence-corrected chi connectivity index (χ1v) is 11.3. The van der Waals surface area contributed by atoms with Crippen LogP contribution >= 0.6 is 27.3 Å². The smallest absolute Gasteiger partial charge is 0.274 e. The molecule has 3 aromatic carbocycles. The Hall–Kier alpha value is -3.16. The van der Waals surface area contributed by atoms with Crippen molar-refractivity contribution >= 4 is 49.3 Å². The van der Waals surface area contributed by atoms with Gasteiger partial charge in [-0.1, -0.05) is 51.5 Å². The Morgan fingerprint density at radius 2 is 1.55 bits per heavy atom. The van der Waals surface area contributed by atoms with E-state index in [1.165, 1.54) is 11.3 Å². The molecular formula is C24H17BrN2O3S. The zero-order valence-electron chi connectivity index (χ0n) is 16.3. The summed E-state index contributed by atoms with van der Waals surface area (Å²) in [6, 6.07) is 23.0. The summed E-state index contributed by atoms with van der Waals surface area (Å²) in [6.07, 6.45) is 1.89.